The molecule has 0 N–H and O–H groups in total. The third kappa shape index (κ3) is 4.27. The molecule has 1 atom stereocenters. The van der Waals surface area contributed by atoms with Gasteiger partial charge in [0.1, 0.15) is 0 Å². The molecule has 0 aliphatic rings. The maximum atomic E-state index is 13.4. The van der Waals surface area contributed by atoms with E-state index in [1.54, 1.807) is 0 Å². The Morgan fingerprint density at radius 1 is 1.04 bits per heavy atom. The van der Waals surface area contributed by atoms with Crippen molar-refractivity contribution in [1.82, 2.24) is 4.90 Å². The molecule has 3 heteroatoms. The second kappa shape index (κ2) is 8.68. The Morgan fingerprint density at radius 2 is 1.69 bits per heavy atom. The van der Waals surface area contributed by atoms with Crippen molar-refractivity contribution in [3.05, 3.63) is 48.0 Å². The Kier molecular flexibility index (Phi) is 6.82. The van der Waals surface area contributed by atoms with Gasteiger partial charge in [-0.1, -0.05) is 56.3 Å². The zero-order chi connectivity index (χ0) is 19.3. The molecular formula is C23H33NO2. The van der Waals surface area contributed by atoms with E-state index < -0.39 is 5.41 Å². The molecule has 2 aromatic rings. The van der Waals surface area contributed by atoms with E-state index in [2.05, 4.69) is 63.2 Å². The molecule has 0 aromatic heterocycles. The highest BCUT2D eigenvalue weighted by molar-refractivity contribution is 5.94. The van der Waals surface area contributed by atoms with Crippen molar-refractivity contribution < 1.29 is 9.53 Å². The van der Waals surface area contributed by atoms with Gasteiger partial charge in [-0.05, 0) is 69.6 Å². The first-order valence-corrected chi connectivity index (χ1v) is 9.63. The highest BCUT2D eigenvalue weighted by atomic mass is 16.5. The fraction of sp³-hybridized carbons (Fsp3) is 0.522. The monoisotopic (exact) mass is 355 g/mol. The summed E-state index contributed by atoms with van der Waals surface area (Å²) in [5, 5.41) is 2.31. The Morgan fingerprint density at radius 3 is 2.31 bits per heavy atom. The van der Waals surface area contributed by atoms with Gasteiger partial charge in [0.15, 0.2) is 0 Å². The summed E-state index contributed by atoms with van der Waals surface area (Å²) in [6, 6.07) is 14.6. The van der Waals surface area contributed by atoms with Gasteiger partial charge in [0.2, 0.25) is 0 Å². The molecule has 2 rings (SSSR count). The number of ether oxygens (including phenoxy) is 1. The lowest BCUT2D eigenvalue weighted by Crippen LogP contribution is -2.44. The number of carbonyl (C=O) groups is 1. The SMILES string of the molecule is CC(C)OC(=O)C(CCCN(C)C)(c1cccc2ccccc12)C(C)C. The number of hydrogen-bond acceptors (Lipinski definition) is 3. The van der Waals surface area contributed by atoms with Gasteiger partial charge in [-0.15, -0.1) is 0 Å². The zero-order valence-electron chi connectivity index (χ0n) is 17.1. The molecule has 0 spiro atoms. The molecule has 0 aliphatic carbocycles. The molecule has 0 radical (unpaired) electrons. The Labute approximate surface area is 158 Å². The van der Waals surface area contributed by atoms with E-state index in [1.165, 1.54) is 5.39 Å². The Hall–Kier alpha value is -1.87. The maximum Gasteiger partial charge on any atom is 0.317 e. The van der Waals surface area contributed by atoms with Crippen molar-refractivity contribution in [2.75, 3.05) is 20.6 Å². The lowest BCUT2D eigenvalue weighted by Gasteiger charge is -2.37. The van der Waals surface area contributed by atoms with Crippen molar-refractivity contribution in [3.8, 4) is 0 Å². The molecule has 0 bridgehead atoms. The number of rotatable bonds is 8. The predicted molar refractivity (Wildman–Crippen MR) is 109 cm³/mol. The van der Waals surface area contributed by atoms with Crippen LogP contribution in [0.25, 0.3) is 10.8 Å². The summed E-state index contributed by atoms with van der Waals surface area (Å²) in [5.74, 6) is 0.0410. The first-order valence-electron chi connectivity index (χ1n) is 9.63. The average molecular weight is 356 g/mol. The Balaban J connectivity index is 2.61. The van der Waals surface area contributed by atoms with Crippen molar-refractivity contribution in [1.29, 1.82) is 0 Å². The fourth-order valence-corrected chi connectivity index (χ4v) is 3.79. The molecule has 0 fully saturated rings. The van der Waals surface area contributed by atoms with Crippen LogP contribution in [-0.4, -0.2) is 37.6 Å². The quantitative estimate of drug-likeness (QED) is 0.622. The Bertz CT molecular complexity index is 731. The van der Waals surface area contributed by atoms with E-state index in [-0.39, 0.29) is 18.0 Å². The van der Waals surface area contributed by atoms with Crippen molar-refractivity contribution in [2.24, 2.45) is 5.92 Å². The van der Waals surface area contributed by atoms with Crippen molar-refractivity contribution in [3.63, 3.8) is 0 Å². The third-order valence-corrected chi connectivity index (χ3v) is 5.14. The van der Waals surface area contributed by atoms with Gasteiger partial charge in [-0.25, -0.2) is 0 Å². The van der Waals surface area contributed by atoms with E-state index >= 15 is 0 Å². The van der Waals surface area contributed by atoms with Crippen LogP contribution in [0.15, 0.2) is 42.5 Å². The summed E-state index contributed by atoms with van der Waals surface area (Å²) in [4.78, 5) is 15.6. The smallest absolute Gasteiger partial charge is 0.317 e. The van der Waals surface area contributed by atoms with Gasteiger partial charge in [0, 0.05) is 0 Å². The average Bonchev–Trinajstić information content (AvgIpc) is 2.57. The summed E-state index contributed by atoms with van der Waals surface area (Å²) in [6.45, 7) is 9.07. The third-order valence-electron chi connectivity index (χ3n) is 5.14. The minimum Gasteiger partial charge on any atom is -0.462 e. The lowest BCUT2D eigenvalue weighted by atomic mass is 9.67. The first kappa shape index (κ1) is 20.4. The predicted octanol–water partition coefficient (Wildman–Crippen LogP) is 5.03. The summed E-state index contributed by atoms with van der Waals surface area (Å²) in [6.07, 6.45) is 1.61. The van der Waals surface area contributed by atoms with Gasteiger partial charge in [0.25, 0.3) is 0 Å². The molecule has 0 saturated carbocycles. The van der Waals surface area contributed by atoms with Crippen LogP contribution in [0.1, 0.15) is 46.1 Å². The molecule has 0 amide bonds. The summed E-state index contributed by atoms with van der Waals surface area (Å²) in [7, 11) is 4.14. The number of esters is 1. The van der Waals surface area contributed by atoms with Crippen LogP contribution in [0, 0.1) is 5.92 Å². The minimum absolute atomic E-state index is 0.0994. The summed E-state index contributed by atoms with van der Waals surface area (Å²) in [5.41, 5.74) is 0.455. The van der Waals surface area contributed by atoms with E-state index in [0.29, 0.717) is 0 Å². The number of carbonyl (C=O) groups excluding carboxylic acids is 1. The van der Waals surface area contributed by atoms with E-state index in [1.807, 2.05) is 26.0 Å². The van der Waals surface area contributed by atoms with Crippen LogP contribution in [0.2, 0.25) is 0 Å². The largest absolute Gasteiger partial charge is 0.462 e. The molecule has 26 heavy (non-hydrogen) atoms. The van der Waals surface area contributed by atoms with E-state index in [9.17, 15) is 4.79 Å². The highest BCUT2D eigenvalue weighted by Gasteiger charge is 2.45. The highest BCUT2D eigenvalue weighted by Crippen LogP contribution is 2.42. The van der Waals surface area contributed by atoms with Crippen LogP contribution in [0.4, 0.5) is 0 Å². The first-order chi connectivity index (χ1) is 12.3. The van der Waals surface area contributed by atoms with E-state index in [4.69, 9.17) is 4.74 Å². The van der Waals surface area contributed by atoms with E-state index in [0.717, 1.165) is 30.3 Å². The molecule has 0 aliphatic heterocycles. The maximum absolute atomic E-state index is 13.4. The van der Waals surface area contributed by atoms with Gasteiger partial charge in [0.05, 0.1) is 11.5 Å². The molecule has 0 saturated heterocycles. The van der Waals surface area contributed by atoms with Crippen molar-refractivity contribution >= 4 is 16.7 Å². The standard InChI is InChI=1S/C23H33NO2/c1-17(2)23(15-10-16-24(5)6,22(25)26-18(3)4)21-14-9-12-19-11-7-8-13-20(19)21/h7-9,11-14,17-18H,10,15-16H2,1-6H3. The van der Waals surface area contributed by atoms with Crippen LogP contribution in [0.5, 0.6) is 0 Å². The lowest BCUT2D eigenvalue weighted by molar-refractivity contribution is -0.157. The summed E-state index contributed by atoms with van der Waals surface area (Å²) >= 11 is 0. The number of benzene rings is 2. The number of hydrogen-bond donors (Lipinski definition) is 0. The molecule has 142 valence electrons. The number of nitrogens with zero attached hydrogens (tertiary/aromatic N) is 1. The van der Waals surface area contributed by atoms with Gasteiger partial charge < -0.3 is 9.64 Å². The molecule has 0 heterocycles. The van der Waals surface area contributed by atoms with Crippen LogP contribution in [0.3, 0.4) is 0 Å². The van der Waals surface area contributed by atoms with Crippen molar-refractivity contribution in [2.45, 2.75) is 52.1 Å². The van der Waals surface area contributed by atoms with Gasteiger partial charge >= 0.3 is 5.97 Å². The molecular weight excluding hydrogens is 322 g/mol. The van der Waals surface area contributed by atoms with Crippen LogP contribution < -0.4 is 0 Å². The minimum atomic E-state index is -0.638. The molecule has 2 aromatic carbocycles. The topological polar surface area (TPSA) is 29.5 Å². The number of fused-ring (bicyclic) bond motifs is 1. The van der Waals surface area contributed by atoms with Crippen LogP contribution in [-0.2, 0) is 14.9 Å². The second-order valence-electron chi connectivity index (χ2n) is 8.01. The van der Waals surface area contributed by atoms with Gasteiger partial charge in [-0.2, -0.15) is 0 Å². The fourth-order valence-electron chi connectivity index (χ4n) is 3.79. The molecule has 1 unspecified atom stereocenters. The second-order valence-corrected chi connectivity index (χ2v) is 8.01. The molecule has 3 nitrogen and oxygen atoms in total. The normalized spacial score (nSPS) is 14.2. The summed E-state index contributed by atoms with van der Waals surface area (Å²) < 4.78 is 5.79. The zero-order valence-corrected chi connectivity index (χ0v) is 17.1. The van der Waals surface area contributed by atoms with Gasteiger partial charge in [-0.3, -0.25) is 4.79 Å². The van der Waals surface area contributed by atoms with Crippen LogP contribution >= 0.6 is 0 Å².